The van der Waals surface area contributed by atoms with E-state index in [-0.39, 0.29) is 0 Å². The number of rotatable bonds is 5. The van der Waals surface area contributed by atoms with Crippen LogP contribution in [0.5, 0.6) is 0 Å². The maximum Gasteiger partial charge on any atom is 0.220 e. The lowest BCUT2D eigenvalue weighted by Crippen LogP contribution is -2.48. The zero-order chi connectivity index (χ0) is 13.5. The normalized spacial score (nSPS) is 39.8. The maximum absolute atomic E-state index is 12.2. The topological polar surface area (TPSA) is 32.3 Å². The molecule has 3 nitrogen and oxygen atoms in total. The van der Waals surface area contributed by atoms with Gasteiger partial charge in [-0.15, -0.1) is 0 Å². The third kappa shape index (κ3) is 2.96. The van der Waals surface area contributed by atoms with Crippen LogP contribution in [0.3, 0.4) is 0 Å². The first-order valence-corrected chi connectivity index (χ1v) is 7.96. The fourth-order valence-electron chi connectivity index (χ4n) is 5.33. The highest BCUT2D eigenvalue weighted by Crippen LogP contribution is 2.61. The molecule has 0 radical (unpaired) electrons. The Morgan fingerprint density at radius 3 is 2.11 bits per heavy atom. The van der Waals surface area contributed by atoms with E-state index in [9.17, 15) is 4.79 Å². The summed E-state index contributed by atoms with van der Waals surface area (Å²) in [5.41, 5.74) is 0.386. The minimum absolute atomic E-state index is 0.295. The molecule has 0 aromatic carbocycles. The number of hydrogen-bond donors (Lipinski definition) is 1. The predicted molar refractivity (Wildman–Crippen MR) is 76.8 cm³/mol. The number of amides is 1. The third-order valence-electron chi connectivity index (χ3n) is 5.58. The van der Waals surface area contributed by atoms with Crippen molar-refractivity contribution in [2.45, 2.75) is 44.9 Å². The van der Waals surface area contributed by atoms with Crippen LogP contribution in [0.4, 0.5) is 0 Å². The van der Waals surface area contributed by atoms with Crippen LogP contribution in [0, 0.1) is 23.2 Å². The van der Waals surface area contributed by atoms with Gasteiger partial charge in [-0.25, -0.2) is 0 Å². The smallest absolute Gasteiger partial charge is 0.220 e. The Kier molecular flexibility index (Phi) is 3.59. The van der Waals surface area contributed by atoms with E-state index < -0.39 is 0 Å². The molecule has 0 spiro atoms. The Hall–Kier alpha value is -0.570. The van der Waals surface area contributed by atoms with Crippen molar-refractivity contribution in [1.29, 1.82) is 0 Å². The Morgan fingerprint density at radius 1 is 1.11 bits per heavy atom. The van der Waals surface area contributed by atoms with Gasteiger partial charge in [0.25, 0.3) is 0 Å². The molecule has 0 aliphatic heterocycles. The summed E-state index contributed by atoms with van der Waals surface area (Å²) < 4.78 is 0. The first kappa shape index (κ1) is 13.4. The monoisotopic (exact) mass is 264 g/mol. The number of carbonyl (C=O) groups is 1. The molecule has 0 unspecified atom stereocenters. The number of carbonyl (C=O) groups excluding carboxylic acids is 1. The molecule has 0 heterocycles. The molecule has 0 atom stereocenters. The van der Waals surface area contributed by atoms with Crippen molar-refractivity contribution in [2.24, 2.45) is 23.2 Å². The van der Waals surface area contributed by atoms with Gasteiger partial charge >= 0.3 is 0 Å². The minimum atomic E-state index is 0.295. The van der Waals surface area contributed by atoms with Gasteiger partial charge in [0, 0.05) is 19.5 Å². The van der Waals surface area contributed by atoms with Crippen LogP contribution in [0.15, 0.2) is 0 Å². The summed E-state index contributed by atoms with van der Waals surface area (Å²) in [4.78, 5) is 14.3. The molecule has 0 aromatic heterocycles. The predicted octanol–water partition coefficient (Wildman–Crippen LogP) is 2.27. The fraction of sp³-hybridized carbons (Fsp3) is 0.938. The molecule has 1 amide bonds. The summed E-state index contributed by atoms with van der Waals surface area (Å²) in [6.07, 6.45) is 9.18. The Balaban J connectivity index is 1.53. The van der Waals surface area contributed by atoms with E-state index in [0.29, 0.717) is 11.3 Å². The van der Waals surface area contributed by atoms with E-state index in [1.54, 1.807) is 0 Å². The standard InChI is InChI=1S/C16H28N2O/c1-18(2)4-3-17-15(19)11-16-8-12-5-13(9-16)7-14(6-12)10-16/h12-14H,3-11H2,1-2H3,(H,17,19). The van der Waals surface area contributed by atoms with Crippen LogP contribution in [0.25, 0.3) is 0 Å². The van der Waals surface area contributed by atoms with E-state index in [0.717, 1.165) is 37.3 Å². The average molecular weight is 264 g/mol. The van der Waals surface area contributed by atoms with Gasteiger partial charge < -0.3 is 10.2 Å². The summed E-state index contributed by atoms with van der Waals surface area (Å²) in [5.74, 6) is 3.13. The summed E-state index contributed by atoms with van der Waals surface area (Å²) >= 11 is 0. The number of nitrogens with zero attached hydrogens (tertiary/aromatic N) is 1. The Morgan fingerprint density at radius 2 is 1.63 bits per heavy atom. The second-order valence-corrected chi connectivity index (χ2v) is 7.75. The molecule has 4 aliphatic rings. The van der Waals surface area contributed by atoms with Gasteiger partial charge in [0.1, 0.15) is 0 Å². The molecule has 108 valence electrons. The van der Waals surface area contributed by atoms with Crippen LogP contribution in [0.2, 0.25) is 0 Å². The molecule has 4 aliphatic carbocycles. The lowest BCUT2D eigenvalue weighted by atomic mass is 9.49. The highest BCUT2D eigenvalue weighted by atomic mass is 16.1. The van der Waals surface area contributed by atoms with Crippen molar-refractivity contribution >= 4 is 5.91 Å². The SMILES string of the molecule is CN(C)CCNC(=O)CC12CC3CC(CC(C3)C1)C2. The van der Waals surface area contributed by atoms with Gasteiger partial charge in [-0.3, -0.25) is 4.79 Å². The van der Waals surface area contributed by atoms with Crippen LogP contribution in [-0.2, 0) is 4.79 Å². The van der Waals surface area contributed by atoms with Crippen molar-refractivity contribution < 1.29 is 4.79 Å². The molecule has 0 saturated heterocycles. The molecular weight excluding hydrogens is 236 g/mol. The lowest BCUT2D eigenvalue weighted by Gasteiger charge is -2.56. The summed E-state index contributed by atoms with van der Waals surface area (Å²) in [5, 5.41) is 3.11. The zero-order valence-electron chi connectivity index (χ0n) is 12.5. The van der Waals surface area contributed by atoms with E-state index >= 15 is 0 Å². The van der Waals surface area contributed by atoms with Crippen molar-refractivity contribution in [3.05, 3.63) is 0 Å². The molecule has 4 rings (SSSR count). The summed E-state index contributed by atoms with van der Waals surface area (Å²) in [7, 11) is 4.09. The van der Waals surface area contributed by atoms with Gasteiger partial charge in [0.05, 0.1) is 0 Å². The van der Waals surface area contributed by atoms with Gasteiger partial charge in [-0.1, -0.05) is 0 Å². The second-order valence-electron chi connectivity index (χ2n) is 7.75. The van der Waals surface area contributed by atoms with Crippen molar-refractivity contribution in [3.63, 3.8) is 0 Å². The second kappa shape index (κ2) is 5.08. The molecule has 0 aromatic rings. The minimum Gasteiger partial charge on any atom is -0.355 e. The van der Waals surface area contributed by atoms with Gasteiger partial charge in [-0.2, -0.15) is 0 Å². The van der Waals surface area contributed by atoms with Crippen LogP contribution < -0.4 is 5.32 Å². The molecule has 3 heteroatoms. The maximum atomic E-state index is 12.2. The van der Waals surface area contributed by atoms with E-state index in [2.05, 4.69) is 10.2 Å². The molecule has 4 bridgehead atoms. The molecule has 19 heavy (non-hydrogen) atoms. The first-order chi connectivity index (χ1) is 9.05. The van der Waals surface area contributed by atoms with E-state index in [1.165, 1.54) is 38.5 Å². The fourth-order valence-corrected chi connectivity index (χ4v) is 5.33. The van der Waals surface area contributed by atoms with Crippen LogP contribution >= 0.6 is 0 Å². The number of nitrogens with one attached hydrogen (secondary N) is 1. The zero-order valence-corrected chi connectivity index (χ0v) is 12.5. The van der Waals surface area contributed by atoms with E-state index in [4.69, 9.17) is 0 Å². The largest absolute Gasteiger partial charge is 0.355 e. The highest BCUT2D eigenvalue weighted by molar-refractivity contribution is 5.76. The average Bonchev–Trinajstić information content (AvgIpc) is 2.25. The van der Waals surface area contributed by atoms with Crippen LogP contribution in [0.1, 0.15) is 44.9 Å². The first-order valence-electron chi connectivity index (χ1n) is 7.96. The highest BCUT2D eigenvalue weighted by Gasteiger charge is 2.51. The van der Waals surface area contributed by atoms with Gasteiger partial charge in [0.15, 0.2) is 0 Å². The quantitative estimate of drug-likeness (QED) is 0.826. The van der Waals surface area contributed by atoms with Crippen molar-refractivity contribution in [3.8, 4) is 0 Å². The van der Waals surface area contributed by atoms with E-state index in [1.807, 2.05) is 14.1 Å². The third-order valence-corrected chi connectivity index (χ3v) is 5.58. The van der Waals surface area contributed by atoms with Crippen molar-refractivity contribution in [2.75, 3.05) is 27.2 Å². The number of likely N-dealkylation sites (N-methyl/N-ethyl adjacent to an activating group) is 1. The van der Waals surface area contributed by atoms with Gasteiger partial charge in [-0.05, 0) is 75.8 Å². The Labute approximate surface area is 117 Å². The van der Waals surface area contributed by atoms with Crippen molar-refractivity contribution in [1.82, 2.24) is 10.2 Å². The number of hydrogen-bond acceptors (Lipinski definition) is 2. The Bertz CT molecular complexity index is 315. The molecule has 4 saturated carbocycles. The summed E-state index contributed by atoms with van der Waals surface area (Å²) in [6.45, 7) is 1.73. The summed E-state index contributed by atoms with van der Waals surface area (Å²) in [6, 6.07) is 0. The molecule has 4 fully saturated rings. The lowest BCUT2D eigenvalue weighted by molar-refractivity contribution is -0.129. The van der Waals surface area contributed by atoms with Gasteiger partial charge in [0.2, 0.25) is 5.91 Å². The van der Waals surface area contributed by atoms with Crippen LogP contribution in [-0.4, -0.2) is 38.0 Å². The molecule has 1 N–H and O–H groups in total. The molecular formula is C16H28N2O.